The van der Waals surface area contributed by atoms with E-state index in [0.717, 1.165) is 84.5 Å². The zero-order valence-electron chi connectivity index (χ0n) is 33.4. The van der Waals surface area contributed by atoms with Crippen molar-refractivity contribution in [2.75, 3.05) is 45.3 Å². The van der Waals surface area contributed by atoms with Crippen molar-refractivity contribution in [3.05, 3.63) is 82.0 Å². The number of aryl methyl sites for hydroxylation is 1. The predicted octanol–water partition coefficient (Wildman–Crippen LogP) is 3.41. The number of aromatic nitrogens is 2. The Balaban J connectivity index is 0.748. The van der Waals surface area contributed by atoms with Gasteiger partial charge in [-0.2, -0.15) is 0 Å². The van der Waals surface area contributed by atoms with Crippen LogP contribution in [0.5, 0.6) is 11.5 Å². The van der Waals surface area contributed by atoms with E-state index in [1.807, 2.05) is 30.5 Å². The Bertz CT molecular complexity index is 2450. The van der Waals surface area contributed by atoms with Crippen LogP contribution in [-0.4, -0.2) is 101 Å². The third kappa shape index (κ3) is 6.90. The number of carbonyl (C=O) groups is 5. The quantitative estimate of drug-likeness (QED) is 0.225. The minimum atomic E-state index is -0.986. The number of imide groups is 2. The average Bonchev–Trinajstić information content (AvgIpc) is 3.45. The summed E-state index contributed by atoms with van der Waals surface area (Å²) in [5, 5.41) is 6.87. The Morgan fingerprint density at radius 1 is 0.915 bits per heavy atom. The predicted molar refractivity (Wildman–Crippen MR) is 217 cm³/mol. The number of carbonyl (C=O) groups excluding carboxylic acids is 5. The highest BCUT2D eigenvalue weighted by Gasteiger charge is 2.48. The molecule has 15 nitrogen and oxygen atoms in total. The van der Waals surface area contributed by atoms with E-state index in [9.17, 15) is 28.8 Å². The van der Waals surface area contributed by atoms with Gasteiger partial charge in [0.25, 0.3) is 17.4 Å². The molecule has 306 valence electrons. The maximum absolute atomic E-state index is 13.3. The number of ether oxygens (including phenoxy) is 2. The van der Waals surface area contributed by atoms with E-state index >= 15 is 0 Å². The number of benzene rings is 2. The molecule has 0 radical (unpaired) electrons. The number of pyridine rings is 2. The summed E-state index contributed by atoms with van der Waals surface area (Å²) in [7, 11) is 5.02. The van der Waals surface area contributed by atoms with Gasteiger partial charge in [-0.3, -0.25) is 48.9 Å². The van der Waals surface area contributed by atoms with Crippen LogP contribution in [0.2, 0.25) is 0 Å². The number of likely N-dealkylation sites (tertiary alicyclic amines) is 1. The maximum atomic E-state index is 13.3. The van der Waals surface area contributed by atoms with Gasteiger partial charge in [0.05, 0.1) is 36.3 Å². The lowest BCUT2D eigenvalue weighted by molar-refractivity contribution is -0.136. The topological polar surface area (TPSA) is 172 Å². The van der Waals surface area contributed by atoms with Crippen LogP contribution in [0.1, 0.15) is 71.2 Å². The van der Waals surface area contributed by atoms with Gasteiger partial charge < -0.3 is 24.3 Å². The van der Waals surface area contributed by atoms with Gasteiger partial charge in [-0.15, -0.1) is 0 Å². The van der Waals surface area contributed by atoms with Crippen LogP contribution >= 0.6 is 0 Å². The number of anilines is 1. The molecule has 1 saturated carbocycles. The second kappa shape index (κ2) is 14.9. The van der Waals surface area contributed by atoms with Gasteiger partial charge >= 0.3 is 0 Å². The van der Waals surface area contributed by atoms with Gasteiger partial charge in [0.1, 0.15) is 17.5 Å². The number of methoxy groups -OCH3 is 2. The number of hydrogen-bond acceptors (Lipinski definition) is 11. The Kier molecular flexibility index (Phi) is 9.73. The number of fused-ring (bicyclic) bond motifs is 2. The second-order valence-corrected chi connectivity index (χ2v) is 16.8. The van der Waals surface area contributed by atoms with Crippen LogP contribution < -0.4 is 30.6 Å². The summed E-state index contributed by atoms with van der Waals surface area (Å²) in [5.74, 6) is -0.279. The summed E-state index contributed by atoms with van der Waals surface area (Å²) >= 11 is 0. The third-order valence-corrected chi connectivity index (χ3v) is 13.1. The summed E-state index contributed by atoms with van der Waals surface area (Å²) in [6.45, 7) is 3.81. The number of amides is 5. The minimum absolute atomic E-state index is 0.0816. The highest BCUT2D eigenvalue weighted by molar-refractivity contribution is 6.23. The lowest BCUT2D eigenvalue weighted by Crippen LogP contribution is -2.56. The molecule has 6 heterocycles. The fourth-order valence-corrected chi connectivity index (χ4v) is 9.94. The van der Waals surface area contributed by atoms with Gasteiger partial charge in [-0.25, -0.2) is 0 Å². The molecule has 1 spiro atoms. The van der Waals surface area contributed by atoms with E-state index in [0.29, 0.717) is 35.4 Å². The molecular formula is C44H47N7O8. The van der Waals surface area contributed by atoms with Crippen molar-refractivity contribution in [3.8, 4) is 22.6 Å². The van der Waals surface area contributed by atoms with E-state index in [4.69, 9.17) is 9.47 Å². The van der Waals surface area contributed by atoms with Gasteiger partial charge in [0.2, 0.25) is 17.7 Å². The Morgan fingerprint density at radius 3 is 2.32 bits per heavy atom. The second-order valence-electron chi connectivity index (χ2n) is 16.8. The van der Waals surface area contributed by atoms with Gasteiger partial charge in [0.15, 0.2) is 0 Å². The number of nitrogens with one attached hydrogen (secondary N) is 2. The van der Waals surface area contributed by atoms with E-state index in [1.165, 1.54) is 0 Å². The molecule has 2 aromatic carbocycles. The number of piperidine rings is 2. The zero-order valence-corrected chi connectivity index (χ0v) is 33.4. The first-order valence-electron chi connectivity index (χ1n) is 20.2. The fraction of sp³-hybridized carbons (Fsp3) is 0.432. The molecule has 1 aliphatic carbocycles. The highest BCUT2D eigenvalue weighted by atomic mass is 16.5. The van der Waals surface area contributed by atoms with Crippen molar-refractivity contribution in [3.63, 3.8) is 0 Å². The number of nitrogens with zero attached hydrogens (tertiary/aromatic N) is 5. The number of hydrogen-bond donors (Lipinski definition) is 2. The highest BCUT2D eigenvalue weighted by Crippen LogP contribution is 2.50. The normalized spacial score (nSPS) is 20.7. The lowest BCUT2D eigenvalue weighted by Gasteiger charge is -2.53. The molecule has 3 saturated heterocycles. The van der Waals surface area contributed by atoms with Crippen LogP contribution in [0, 0.1) is 11.3 Å². The summed E-state index contributed by atoms with van der Waals surface area (Å²) < 4.78 is 13.3. The molecule has 1 atom stereocenters. The smallest absolute Gasteiger partial charge is 0.262 e. The zero-order chi connectivity index (χ0) is 41.2. The van der Waals surface area contributed by atoms with E-state index in [1.54, 1.807) is 50.4 Å². The monoisotopic (exact) mass is 801 g/mol. The molecule has 15 heteroatoms. The molecule has 2 aromatic heterocycles. The summed E-state index contributed by atoms with van der Waals surface area (Å²) in [5.41, 5.74) is 4.18. The molecule has 1 unspecified atom stereocenters. The van der Waals surface area contributed by atoms with Gasteiger partial charge in [-0.05, 0) is 90.8 Å². The molecule has 2 N–H and O–H groups in total. The van der Waals surface area contributed by atoms with Crippen molar-refractivity contribution in [2.24, 2.45) is 18.4 Å². The van der Waals surface area contributed by atoms with Crippen molar-refractivity contribution in [1.29, 1.82) is 0 Å². The first-order chi connectivity index (χ1) is 28.4. The lowest BCUT2D eigenvalue weighted by atomic mass is 9.60. The van der Waals surface area contributed by atoms with Crippen molar-refractivity contribution in [1.82, 2.24) is 30.0 Å². The molecule has 5 amide bonds. The summed E-state index contributed by atoms with van der Waals surface area (Å²) in [6.07, 6.45) is 9.62. The first-order valence-corrected chi connectivity index (χ1v) is 20.2. The van der Waals surface area contributed by atoms with E-state index in [2.05, 4.69) is 25.4 Å². The van der Waals surface area contributed by atoms with Crippen LogP contribution in [0.4, 0.5) is 5.69 Å². The standard InChI is InChI=1S/C44H47N7O8/c1-48-23-33(29-8-11-45-20-32(29)41(48)55)26-15-36(58-2)34(37(16-26)59-3)24-49-21-25(22-49)14-39(53)46-27-18-44(19-27)9-12-50(13-10-44)28-4-5-30-31(17-28)43(57)51(42(30)56)35-6-7-38(52)47-40(35)54/h4-5,8,11,15-17,20,23,25,27,35H,6-7,9-10,12-14,18-19,21-22,24H2,1-3H3,(H,46,53)(H,47,52,54). The molecule has 9 rings (SSSR count). The minimum Gasteiger partial charge on any atom is -0.496 e. The molecule has 59 heavy (non-hydrogen) atoms. The summed E-state index contributed by atoms with van der Waals surface area (Å²) in [4.78, 5) is 86.1. The van der Waals surface area contributed by atoms with Crippen molar-refractivity contribution in [2.45, 2.75) is 63.6 Å². The Labute approximate surface area is 340 Å². The maximum Gasteiger partial charge on any atom is 0.262 e. The van der Waals surface area contributed by atoms with Gasteiger partial charge in [-0.1, -0.05) is 0 Å². The molecule has 5 aliphatic rings. The number of rotatable bonds is 10. The summed E-state index contributed by atoms with van der Waals surface area (Å²) in [6, 6.07) is 10.3. The molecular weight excluding hydrogens is 755 g/mol. The van der Waals surface area contributed by atoms with Crippen LogP contribution in [0.25, 0.3) is 21.9 Å². The van der Waals surface area contributed by atoms with Crippen LogP contribution in [0.15, 0.2) is 59.8 Å². The fourth-order valence-electron chi connectivity index (χ4n) is 9.94. The third-order valence-electron chi connectivity index (χ3n) is 13.1. The van der Waals surface area contributed by atoms with Crippen LogP contribution in [-0.2, 0) is 28.0 Å². The van der Waals surface area contributed by atoms with Crippen molar-refractivity contribution >= 4 is 46.0 Å². The largest absolute Gasteiger partial charge is 0.496 e. The molecule has 0 bridgehead atoms. The van der Waals surface area contributed by atoms with E-state index < -0.39 is 29.7 Å². The van der Waals surface area contributed by atoms with Crippen molar-refractivity contribution < 1.29 is 33.4 Å². The Hall–Kier alpha value is -6.09. The average molecular weight is 802 g/mol. The van der Waals surface area contributed by atoms with E-state index in [-0.39, 0.29) is 47.2 Å². The SMILES string of the molecule is COc1cc(-c2cn(C)c(=O)c3cnccc23)cc(OC)c1CN1CC(CC(=O)NC2CC3(CCN(c4ccc5c(c4)C(=O)N(C4CCC(=O)NC4=O)C5=O)CC3)C2)C1. The molecule has 4 aliphatic heterocycles. The van der Waals surface area contributed by atoms with Gasteiger partial charge in [0, 0.05) is 88.5 Å². The molecule has 4 aromatic rings. The molecule has 4 fully saturated rings. The first kappa shape index (κ1) is 38.4. The van der Waals surface area contributed by atoms with Crippen LogP contribution in [0.3, 0.4) is 0 Å². The Morgan fingerprint density at radius 2 is 1.63 bits per heavy atom.